The zero-order chi connectivity index (χ0) is 13.2. The average Bonchev–Trinajstić information content (AvgIpc) is 2.89. The maximum atomic E-state index is 13.7. The zero-order valence-corrected chi connectivity index (χ0v) is 10.3. The maximum absolute atomic E-state index is 13.7. The second-order valence-electron chi connectivity index (χ2n) is 4.61. The van der Waals surface area contributed by atoms with Crippen molar-refractivity contribution in [2.24, 2.45) is 0 Å². The normalized spacial score (nSPS) is 15.7. The van der Waals surface area contributed by atoms with Crippen LogP contribution in [0.4, 0.5) is 10.3 Å². The van der Waals surface area contributed by atoms with E-state index in [0.717, 1.165) is 32.0 Å². The molecule has 0 spiro atoms. The van der Waals surface area contributed by atoms with Gasteiger partial charge in [-0.3, -0.25) is 0 Å². The number of anilines is 1. The van der Waals surface area contributed by atoms with E-state index in [-0.39, 0.29) is 17.2 Å². The van der Waals surface area contributed by atoms with Crippen molar-refractivity contribution in [3.63, 3.8) is 0 Å². The van der Waals surface area contributed by atoms with Gasteiger partial charge in [-0.25, -0.2) is 4.39 Å². The number of phenols is 1. The van der Waals surface area contributed by atoms with Gasteiger partial charge in [0.2, 0.25) is 0 Å². The zero-order valence-electron chi connectivity index (χ0n) is 10.3. The predicted octanol–water partition coefficient (Wildman–Crippen LogP) is 2.57. The van der Waals surface area contributed by atoms with Gasteiger partial charge < -0.3 is 14.5 Å². The molecule has 0 atom stereocenters. The van der Waals surface area contributed by atoms with E-state index < -0.39 is 5.82 Å². The van der Waals surface area contributed by atoms with Crippen LogP contribution in [-0.4, -0.2) is 28.3 Å². The monoisotopic (exact) mass is 263 g/mol. The predicted molar refractivity (Wildman–Crippen MR) is 67.4 cm³/mol. The summed E-state index contributed by atoms with van der Waals surface area (Å²) in [4.78, 5) is 6.26. The Morgan fingerprint density at radius 2 is 2.00 bits per heavy atom. The van der Waals surface area contributed by atoms with Crippen LogP contribution in [0.25, 0.3) is 11.5 Å². The van der Waals surface area contributed by atoms with Gasteiger partial charge in [-0.15, -0.1) is 0 Å². The number of rotatable bonds is 2. The molecular weight excluding hydrogens is 249 g/mol. The molecule has 1 aromatic heterocycles. The first kappa shape index (κ1) is 12.0. The van der Waals surface area contributed by atoms with Crippen molar-refractivity contribution >= 4 is 5.95 Å². The highest BCUT2D eigenvalue weighted by atomic mass is 19.1. The van der Waals surface area contributed by atoms with Crippen molar-refractivity contribution in [2.45, 2.75) is 19.3 Å². The number of hydrogen-bond donors (Lipinski definition) is 1. The van der Waals surface area contributed by atoms with Crippen molar-refractivity contribution in [1.29, 1.82) is 0 Å². The molecule has 0 unspecified atom stereocenters. The molecule has 1 N–H and O–H groups in total. The Balaban J connectivity index is 1.87. The van der Waals surface area contributed by atoms with Crippen molar-refractivity contribution in [1.82, 2.24) is 10.1 Å². The molecule has 1 aliphatic rings. The van der Waals surface area contributed by atoms with Crippen molar-refractivity contribution in [2.75, 3.05) is 18.0 Å². The third-order valence-corrected chi connectivity index (χ3v) is 3.24. The van der Waals surface area contributed by atoms with Gasteiger partial charge in [0.1, 0.15) is 11.6 Å². The molecular formula is C13H14FN3O2. The number of halogens is 1. The van der Waals surface area contributed by atoms with Crippen LogP contribution in [0.1, 0.15) is 19.3 Å². The number of piperidine rings is 1. The van der Waals surface area contributed by atoms with Crippen LogP contribution in [0.2, 0.25) is 0 Å². The highest BCUT2D eigenvalue weighted by Crippen LogP contribution is 2.26. The fourth-order valence-corrected chi connectivity index (χ4v) is 2.22. The summed E-state index contributed by atoms with van der Waals surface area (Å²) in [6, 6.07) is 3.85. The minimum atomic E-state index is -0.575. The Morgan fingerprint density at radius 3 is 2.74 bits per heavy atom. The van der Waals surface area contributed by atoms with Gasteiger partial charge in [-0.05, 0) is 36.6 Å². The molecule has 0 bridgehead atoms. The summed E-state index contributed by atoms with van der Waals surface area (Å²) >= 11 is 0. The van der Waals surface area contributed by atoms with Crippen LogP contribution in [-0.2, 0) is 0 Å². The van der Waals surface area contributed by atoms with Gasteiger partial charge in [-0.1, -0.05) is 0 Å². The number of phenolic OH excluding ortho intramolecular Hbond substituents is 1. The van der Waals surface area contributed by atoms with E-state index in [1.165, 1.54) is 18.6 Å². The fourth-order valence-electron chi connectivity index (χ4n) is 2.22. The number of aromatic nitrogens is 2. The van der Waals surface area contributed by atoms with E-state index >= 15 is 0 Å². The van der Waals surface area contributed by atoms with Crippen molar-refractivity contribution in [3.8, 4) is 17.2 Å². The Kier molecular flexibility index (Phi) is 3.06. The SMILES string of the molecule is Oc1ccc(-c2nc(N3CCCCC3)no2)c(F)c1. The molecule has 0 radical (unpaired) electrons. The molecule has 2 heterocycles. The molecule has 2 aromatic rings. The van der Waals surface area contributed by atoms with Crippen LogP contribution in [0, 0.1) is 5.82 Å². The van der Waals surface area contributed by atoms with Gasteiger partial charge in [0.15, 0.2) is 0 Å². The first-order chi connectivity index (χ1) is 9.24. The van der Waals surface area contributed by atoms with Crippen molar-refractivity contribution < 1.29 is 14.0 Å². The lowest BCUT2D eigenvalue weighted by atomic mass is 10.1. The largest absolute Gasteiger partial charge is 0.508 e. The average molecular weight is 263 g/mol. The van der Waals surface area contributed by atoms with E-state index in [1.54, 1.807) is 0 Å². The fraction of sp³-hybridized carbons (Fsp3) is 0.385. The summed E-state index contributed by atoms with van der Waals surface area (Å²) in [6.07, 6.45) is 3.43. The quantitative estimate of drug-likeness (QED) is 0.902. The second-order valence-corrected chi connectivity index (χ2v) is 4.61. The van der Waals surface area contributed by atoms with E-state index in [2.05, 4.69) is 10.1 Å². The third-order valence-electron chi connectivity index (χ3n) is 3.24. The topological polar surface area (TPSA) is 62.4 Å². The number of nitrogens with zero attached hydrogens (tertiary/aromatic N) is 3. The molecule has 6 heteroatoms. The highest BCUT2D eigenvalue weighted by molar-refractivity contribution is 5.56. The number of aromatic hydroxyl groups is 1. The van der Waals surface area contributed by atoms with Gasteiger partial charge >= 0.3 is 0 Å². The van der Waals surface area contributed by atoms with E-state index in [9.17, 15) is 9.50 Å². The summed E-state index contributed by atoms with van der Waals surface area (Å²) in [7, 11) is 0. The Labute approximate surface area is 109 Å². The summed E-state index contributed by atoms with van der Waals surface area (Å²) in [5, 5.41) is 13.1. The van der Waals surface area contributed by atoms with Gasteiger partial charge in [0.05, 0.1) is 5.56 Å². The Hall–Kier alpha value is -2.11. The summed E-state index contributed by atoms with van der Waals surface area (Å²) in [5.74, 6) is -0.0638. The molecule has 1 aliphatic heterocycles. The van der Waals surface area contributed by atoms with Crippen LogP contribution in [0.15, 0.2) is 22.7 Å². The Bertz CT molecular complexity index is 579. The summed E-state index contributed by atoms with van der Waals surface area (Å²) < 4.78 is 18.8. The van der Waals surface area contributed by atoms with Crippen LogP contribution < -0.4 is 4.90 Å². The van der Waals surface area contributed by atoms with E-state index in [1.807, 2.05) is 4.90 Å². The molecule has 1 fully saturated rings. The second kappa shape index (κ2) is 4.87. The molecule has 19 heavy (non-hydrogen) atoms. The molecule has 0 amide bonds. The first-order valence-corrected chi connectivity index (χ1v) is 6.31. The molecule has 5 nitrogen and oxygen atoms in total. The highest BCUT2D eigenvalue weighted by Gasteiger charge is 2.19. The molecule has 100 valence electrons. The summed E-state index contributed by atoms with van der Waals surface area (Å²) in [5.41, 5.74) is 0.202. The lowest BCUT2D eigenvalue weighted by molar-refractivity contribution is 0.423. The van der Waals surface area contributed by atoms with Crippen molar-refractivity contribution in [3.05, 3.63) is 24.0 Å². The number of hydrogen-bond acceptors (Lipinski definition) is 5. The smallest absolute Gasteiger partial charge is 0.266 e. The maximum Gasteiger partial charge on any atom is 0.266 e. The molecule has 0 saturated carbocycles. The molecule has 1 aromatic carbocycles. The van der Waals surface area contributed by atoms with E-state index in [4.69, 9.17) is 4.52 Å². The van der Waals surface area contributed by atoms with E-state index in [0.29, 0.717) is 5.95 Å². The number of benzene rings is 1. The minimum Gasteiger partial charge on any atom is -0.508 e. The third kappa shape index (κ3) is 2.38. The standard InChI is InChI=1S/C13H14FN3O2/c14-11-8-9(18)4-5-10(11)12-15-13(16-19-12)17-6-2-1-3-7-17/h4-5,8,18H,1-3,6-7H2. The lowest BCUT2D eigenvalue weighted by Gasteiger charge is -2.24. The molecule has 3 rings (SSSR count). The van der Waals surface area contributed by atoms with Crippen LogP contribution in [0.3, 0.4) is 0 Å². The lowest BCUT2D eigenvalue weighted by Crippen LogP contribution is -2.30. The van der Waals surface area contributed by atoms with Crippen LogP contribution >= 0.6 is 0 Å². The summed E-state index contributed by atoms with van der Waals surface area (Å²) in [6.45, 7) is 1.80. The van der Waals surface area contributed by atoms with Gasteiger partial charge in [-0.2, -0.15) is 4.98 Å². The van der Waals surface area contributed by atoms with Gasteiger partial charge in [0, 0.05) is 19.2 Å². The van der Waals surface area contributed by atoms with Gasteiger partial charge in [0.25, 0.3) is 11.8 Å². The minimum absolute atomic E-state index is 0.128. The molecule has 1 saturated heterocycles. The first-order valence-electron chi connectivity index (χ1n) is 6.31. The van der Waals surface area contributed by atoms with Crippen LogP contribution in [0.5, 0.6) is 5.75 Å². The molecule has 0 aliphatic carbocycles. The Morgan fingerprint density at radius 1 is 1.21 bits per heavy atom.